The molecule has 1 unspecified atom stereocenters. The van der Waals surface area contributed by atoms with E-state index in [9.17, 15) is 9.18 Å². The van der Waals surface area contributed by atoms with Gasteiger partial charge in [-0.3, -0.25) is 19.7 Å². The molecule has 2 aliphatic rings. The fourth-order valence-corrected chi connectivity index (χ4v) is 4.94. The molecule has 2 aliphatic heterocycles. The summed E-state index contributed by atoms with van der Waals surface area (Å²) < 4.78 is 19.5. The van der Waals surface area contributed by atoms with E-state index < -0.39 is 0 Å². The predicted molar refractivity (Wildman–Crippen MR) is 128 cm³/mol. The number of halogens is 1. The van der Waals surface area contributed by atoms with Crippen molar-refractivity contribution in [3.63, 3.8) is 0 Å². The summed E-state index contributed by atoms with van der Waals surface area (Å²) in [5.74, 6) is -0.484. The van der Waals surface area contributed by atoms with Gasteiger partial charge in [0.2, 0.25) is 0 Å². The normalized spacial score (nSPS) is 19.9. The maximum Gasteiger partial charge on any atom is 0.252 e. The molecule has 1 atom stereocenters. The van der Waals surface area contributed by atoms with E-state index in [0.29, 0.717) is 23.4 Å². The van der Waals surface area contributed by atoms with Crippen molar-refractivity contribution >= 4 is 5.91 Å². The van der Waals surface area contributed by atoms with Gasteiger partial charge in [-0.15, -0.1) is 0 Å². The van der Waals surface area contributed by atoms with Crippen LogP contribution in [0.5, 0.6) is 0 Å². The molecule has 2 aromatic heterocycles. The molecule has 1 N–H and O–H groups in total. The molecule has 0 bridgehead atoms. The maximum absolute atomic E-state index is 13.4. The molecule has 7 heteroatoms. The first-order valence-corrected chi connectivity index (χ1v) is 11.8. The molecule has 5 rings (SSSR count). The second kappa shape index (κ2) is 9.99. The van der Waals surface area contributed by atoms with Crippen molar-refractivity contribution < 1.29 is 13.9 Å². The van der Waals surface area contributed by atoms with Gasteiger partial charge in [-0.05, 0) is 74.2 Å². The van der Waals surface area contributed by atoms with Gasteiger partial charge in [0.1, 0.15) is 5.82 Å². The molecular formula is C27H29FN4O2. The van der Waals surface area contributed by atoms with E-state index >= 15 is 0 Å². The zero-order valence-corrected chi connectivity index (χ0v) is 19.1. The molecule has 0 aliphatic carbocycles. The third-order valence-electron chi connectivity index (χ3n) is 6.95. The summed E-state index contributed by atoms with van der Waals surface area (Å²) in [6, 6.07) is 15.8. The van der Waals surface area contributed by atoms with E-state index in [4.69, 9.17) is 4.74 Å². The van der Waals surface area contributed by atoms with Crippen LogP contribution < -0.4 is 5.32 Å². The Bertz CT molecular complexity index is 1110. The first-order valence-electron chi connectivity index (χ1n) is 11.8. The summed E-state index contributed by atoms with van der Waals surface area (Å²) in [5.41, 5.74) is 3.12. The number of hydrogen-bond acceptors (Lipinski definition) is 5. The molecule has 1 amide bonds. The quantitative estimate of drug-likeness (QED) is 0.600. The van der Waals surface area contributed by atoms with Gasteiger partial charge in [0.25, 0.3) is 5.91 Å². The first kappa shape index (κ1) is 22.6. The highest BCUT2D eigenvalue weighted by Gasteiger charge is 2.42. The molecule has 1 spiro atoms. The van der Waals surface area contributed by atoms with Crippen molar-refractivity contribution in [1.29, 1.82) is 0 Å². The Kier molecular flexibility index (Phi) is 6.65. The molecule has 3 aromatic rings. The average Bonchev–Trinajstić information content (AvgIpc) is 3.27. The lowest BCUT2D eigenvalue weighted by molar-refractivity contribution is 0.0613. The minimum absolute atomic E-state index is 0.0332. The Morgan fingerprint density at radius 3 is 2.74 bits per heavy atom. The van der Waals surface area contributed by atoms with Gasteiger partial charge >= 0.3 is 0 Å². The number of pyridine rings is 2. The molecular weight excluding hydrogens is 431 g/mol. The molecule has 2 fully saturated rings. The van der Waals surface area contributed by atoms with Gasteiger partial charge in [0, 0.05) is 31.0 Å². The highest BCUT2D eigenvalue weighted by Crippen LogP contribution is 2.42. The average molecular weight is 461 g/mol. The van der Waals surface area contributed by atoms with Crippen LogP contribution in [-0.4, -0.2) is 53.1 Å². The van der Waals surface area contributed by atoms with Crippen LogP contribution in [0.2, 0.25) is 0 Å². The number of carbonyl (C=O) groups is 1. The van der Waals surface area contributed by atoms with Crippen molar-refractivity contribution in [3.8, 4) is 11.3 Å². The first-order chi connectivity index (χ1) is 16.6. The fourth-order valence-electron chi connectivity index (χ4n) is 4.94. The summed E-state index contributed by atoms with van der Waals surface area (Å²) in [4.78, 5) is 23.8. The van der Waals surface area contributed by atoms with Gasteiger partial charge < -0.3 is 10.1 Å². The number of hydrogen-bond donors (Lipinski definition) is 1. The number of piperidine rings is 1. The van der Waals surface area contributed by atoms with Crippen molar-refractivity contribution in [2.45, 2.75) is 31.9 Å². The van der Waals surface area contributed by atoms with Crippen LogP contribution in [0.1, 0.15) is 35.3 Å². The molecule has 34 heavy (non-hydrogen) atoms. The van der Waals surface area contributed by atoms with E-state index in [1.165, 1.54) is 18.3 Å². The van der Waals surface area contributed by atoms with E-state index in [0.717, 1.165) is 51.2 Å². The molecule has 0 radical (unpaired) electrons. The number of ether oxygens (including phenoxy) is 1. The maximum atomic E-state index is 13.4. The van der Waals surface area contributed by atoms with E-state index in [1.54, 1.807) is 24.3 Å². The molecule has 1 aromatic carbocycles. The van der Waals surface area contributed by atoms with Gasteiger partial charge in [-0.25, -0.2) is 4.39 Å². The third kappa shape index (κ3) is 5.32. The third-order valence-corrected chi connectivity index (χ3v) is 6.95. The summed E-state index contributed by atoms with van der Waals surface area (Å²) in [7, 11) is 0. The summed E-state index contributed by atoms with van der Waals surface area (Å²) in [6.45, 7) is 4.23. The second-order valence-electron chi connectivity index (χ2n) is 9.39. The largest absolute Gasteiger partial charge is 0.376 e. The fraction of sp³-hybridized carbons (Fsp3) is 0.370. The second-order valence-corrected chi connectivity index (χ2v) is 9.39. The van der Waals surface area contributed by atoms with Crippen LogP contribution >= 0.6 is 0 Å². The SMILES string of the molecule is O=C(NCC1CC2(CCN(Cc3ccccn3)CC2)CO1)c1ccc(-c2cccc(F)c2)nc1. The molecule has 4 heterocycles. The van der Waals surface area contributed by atoms with Crippen LogP contribution in [0.3, 0.4) is 0 Å². The number of aromatic nitrogens is 2. The Hall–Kier alpha value is -3.16. The molecule has 0 saturated carbocycles. The Balaban J connectivity index is 1.09. The Morgan fingerprint density at radius 2 is 2.00 bits per heavy atom. The number of benzene rings is 1. The minimum Gasteiger partial charge on any atom is -0.376 e. The smallest absolute Gasteiger partial charge is 0.252 e. The zero-order valence-electron chi connectivity index (χ0n) is 19.1. The van der Waals surface area contributed by atoms with Crippen molar-refractivity contribution in [2.75, 3.05) is 26.2 Å². The minimum atomic E-state index is -0.311. The lowest BCUT2D eigenvalue weighted by Gasteiger charge is -2.38. The van der Waals surface area contributed by atoms with E-state index in [1.807, 2.05) is 18.3 Å². The van der Waals surface area contributed by atoms with Gasteiger partial charge in [-0.2, -0.15) is 0 Å². The molecule has 2 saturated heterocycles. The summed E-state index contributed by atoms with van der Waals surface area (Å²) in [6.07, 6.45) is 6.60. The predicted octanol–water partition coefficient (Wildman–Crippen LogP) is 4.08. The van der Waals surface area contributed by atoms with Crippen molar-refractivity contribution in [2.24, 2.45) is 5.41 Å². The number of amides is 1. The summed E-state index contributed by atoms with van der Waals surface area (Å²) >= 11 is 0. The van der Waals surface area contributed by atoms with Gasteiger partial charge in [0.05, 0.1) is 29.7 Å². The number of likely N-dealkylation sites (tertiary alicyclic amines) is 1. The summed E-state index contributed by atoms with van der Waals surface area (Å²) in [5, 5.41) is 2.99. The van der Waals surface area contributed by atoms with Crippen molar-refractivity contribution in [1.82, 2.24) is 20.2 Å². The van der Waals surface area contributed by atoms with Gasteiger partial charge in [0.15, 0.2) is 0 Å². The standard InChI is InChI=1S/C27H29FN4O2/c28-22-5-3-4-20(14-22)25-8-7-21(16-30-25)26(33)31-17-24-15-27(19-34-24)9-12-32(13-10-27)18-23-6-1-2-11-29-23/h1-8,11,14,16,24H,9-10,12-13,15,17-19H2,(H,31,33). The number of carbonyl (C=O) groups excluding carboxylic acids is 1. The number of rotatable bonds is 6. The Morgan fingerprint density at radius 1 is 1.12 bits per heavy atom. The van der Waals surface area contributed by atoms with Crippen LogP contribution in [0, 0.1) is 11.2 Å². The van der Waals surface area contributed by atoms with E-state index in [2.05, 4.69) is 26.3 Å². The van der Waals surface area contributed by atoms with Crippen molar-refractivity contribution in [3.05, 3.63) is 84.1 Å². The Labute approximate surface area is 199 Å². The lowest BCUT2D eigenvalue weighted by atomic mass is 9.76. The topological polar surface area (TPSA) is 67.4 Å². The zero-order chi connectivity index (χ0) is 23.4. The van der Waals surface area contributed by atoms with Gasteiger partial charge in [-0.1, -0.05) is 18.2 Å². The highest BCUT2D eigenvalue weighted by molar-refractivity contribution is 5.94. The molecule has 6 nitrogen and oxygen atoms in total. The van der Waals surface area contributed by atoms with E-state index in [-0.39, 0.29) is 23.2 Å². The monoisotopic (exact) mass is 460 g/mol. The lowest BCUT2D eigenvalue weighted by Crippen LogP contribution is -2.40. The number of nitrogens with one attached hydrogen (secondary N) is 1. The number of nitrogens with zero attached hydrogens (tertiary/aromatic N) is 3. The van der Waals surface area contributed by atoms with Crippen LogP contribution in [0.4, 0.5) is 4.39 Å². The highest BCUT2D eigenvalue weighted by atomic mass is 19.1. The molecule has 176 valence electrons. The van der Waals surface area contributed by atoms with Crippen LogP contribution in [-0.2, 0) is 11.3 Å². The van der Waals surface area contributed by atoms with Crippen LogP contribution in [0.15, 0.2) is 67.0 Å². The van der Waals surface area contributed by atoms with Crippen LogP contribution in [0.25, 0.3) is 11.3 Å².